The third-order valence-corrected chi connectivity index (χ3v) is 3.87. The Hall–Kier alpha value is -1.55. The number of nitrogens with zero attached hydrogens (tertiary/aromatic N) is 1. The quantitative estimate of drug-likeness (QED) is 0.866. The molecule has 0 bridgehead atoms. The number of amides is 1. The van der Waals surface area contributed by atoms with Gasteiger partial charge < -0.3 is 15.4 Å². The summed E-state index contributed by atoms with van der Waals surface area (Å²) in [5.41, 5.74) is 6.28. The van der Waals surface area contributed by atoms with Gasteiger partial charge >= 0.3 is 0 Å². The Morgan fingerprint density at radius 1 is 1.40 bits per heavy atom. The minimum Gasteiger partial charge on any atom is -0.496 e. The Balaban J connectivity index is 2.20. The fourth-order valence-electron chi connectivity index (χ4n) is 2.25. The SMILES string of the molecule is COc1ccccc1CN(C(=O)C(C)(C)CN)C1CC1. The summed E-state index contributed by atoms with van der Waals surface area (Å²) in [4.78, 5) is 14.6. The molecule has 4 heteroatoms. The van der Waals surface area contributed by atoms with Crippen molar-refractivity contribution in [2.75, 3.05) is 13.7 Å². The zero-order chi connectivity index (χ0) is 14.8. The van der Waals surface area contributed by atoms with E-state index in [2.05, 4.69) is 0 Å². The van der Waals surface area contributed by atoms with Crippen LogP contribution in [0, 0.1) is 5.41 Å². The predicted octanol–water partition coefficient (Wildman–Crippen LogP) is 2.17. The summed E-state index contributed by atoms with van der Waals surface area (Å²) in [6.07, 6.45) is 2.17. The van der Waals surface area contributed by atoms with Gasteiger partial charge in [-0.05, 0) is 32.8 Å². The summed E-state index contributed by atoms with van der Waals surface area (Å²) in [5.74, 6) is 0.963. The van der Waals surface area contributed by atoms with Gasteiger partial charge in [-0.25, -0.2) is 0 Å². The van der Waals surface area contributed by atoms with Crippen LogP contribution in [0.25, 0.3) is 0 Å². The molecule has 0 heterocycles. The minimum atomic E-state index is -0.509. The third-order valence-electron chi connectivity index (χ3n) is 3.87. The van der Waals surface area contributed by atoms with E-state index in [0.717, 1.165) is 24.2 Å². The number of carbonyl (C=O) groups is 1. The standard InChI is InChI=1S/C16H24N2O2/c1-16(2,11-17)15(19)18(13-8-9-13)10-12-6-4-5-7-14(12)20-3/h4-7,13H,8-11,17H2,1-3H3. The first-order chi connectivity index (χ1) is 9.49. The second-order valence-corrected chi connectivity index (χ2v) is 6.06. The molecule has 1 saturated carbocycles. The number of nitrogens with two attached hydrogens (primary N) is 1. The molecule has 1 aromatic carbocycles. The van der Waals surface area contributed by atoms with E-state index in [9.17, 15) is 4.79 Å². The van der Waals surface area contributed by atoms with Crippen molar-refractivity contribution in [2.45, 2.75) is 39.3 Å². The van der Waals surface area contributed by atoms with Crippen LogP contribution in [-0.4, -0.2) is 30.5 Å². The first-order valence-corrected chi connectivity index (χ1v) is 7.12. The van der Waals surface area contributed by atoms with E-state index in [1.54, 1.807) is 7.11 Å². The Labute approximate surface area is 120 Å². The van der Waals surface area contributed by atoms with Crippen LogP contribution in [0.3, 0.4) is 0 Å². The highest BCUT2D eigenvalue weighted by atomic mass is 16.5. The van der Waals surface area contributed by atoms with Gasteiger partial charge in [0, 0.05) is 24.7 Å². The largest absolute Gasteiger partial charge is 0.496 e. The Morgan fingerprint density at radius 2 is 2.05 bits per heavy atom. The molecular weight excluding hydrogens is 252 g/mol. The van der Waals surface area contributed by atoms with Gasteiger partial charge in [-0.2, -0.15) is 0 Å². The van der Waals surface area contributed by atoms with Crippen LogP contribution in [0.5, 0.6) is 5.75 Å². The molecule has 0 spiro atoms. The number of carbonyl (C=O) groups excluding carboxylic acids is 1. The maximum absolute atomic E-state index is 12.7. The average molecular weight is 276 g/mol. The van der Waals surface area contributed by atoms with Crippen molar-refractivity contribution in [3.63, 3.8) is 0 Å². The van der Waals surface area contributed by atoms with E-state index in [-0.39, 0.29) is 5.91 Å². The van der Waals surface area contributed by atoms with Crippen LogP contribution in [0.4, 0.5) is 0 Å². The lowest BCUT2D eigenvalue weighted by Crippen LogP contribution is -2.45. The van der Waals surface area contributed by atoms with Gasteiger partial charge in [0.1, 0.15) is 5.75 Å². The molecule has 1 aromatic rings. The lowest BCUT2D eigenvalue weighted by Gasteiger charge is -2.31. The molecule has 1 fully saturated rings. The molecule has 1 aliphatic rings. The Kier molecular flexibility index (Phi) is 4.33. The fraction of sp³-hybridized carbons (Fsp3) is 0.562. The zero-order valence-electron chi connectivity index (χ0n) is 12.6. The lowest BCUT2D eigenvalue weighted by atomic mass is 9.91. The van der Waals surface area contributed by atoms with E-state index < -0.39 is 5.41 Å². The van der Waals surface area contributed by atoms with Gasteiger partial charge in [0.25, 0.3) is 0 Å². The van der Waals surface area contributed by atoms with E-state index >= 15 is 0 Å². The number of para-hydroxylation sites is 1. The Morgan fingerprint density at radius 3 is 2.60 bits per heavy atom. The molecule has 20 heavy (non-hydrogen) atoms. The lowest BCUT2D eigenvalue weighted by molar-refractivity contribution is -0.141. The number of hydrogen-bond donors (Lipinski definition) is 1. The molecule has 0 aliphatic heterocycles. The van der Waals surface area contributed by atoms with Crippen LogP contribution in [-0.2, 0) is 11.3 Å². The highest BCUT2D eigenvalue weighted by molar-refractivity contribution is 5.82. The molecule has 0 radical (unpaired) electrons. The van der Waals surface area contributed by atoms with Crippen LogP contribution in [0.2, 0.25) is 0 Å². The topological polar surface area (TPSA) is 55.6 Å². The van der Waals surface area contributed by atoms with Gasteiger partial charge in [-0.1, -0.05) is 18.2 Å². The summed E-state index contributed by atoms with van der Waals surface area (Å²) in [6.45, 7) is 4.78. The highest BCUT2D eigenvalue weighted by Gasteiger charge is 2.39. The van der Waals surface area contributed by atoms with Crippen molar-refractivity contribution < 1.29 is 9.53 Å². The second-order valence-electron chi connectivity index (χ2n) is 6.06. The highest BCUT2D eigenvalue weighted by Crippen LogP contribution is 2.33. The maximum Gasteiger partial charge on any atom is 0.230 e. The predicted molar refractivity (Wildman–Crippen MR) is 79.4 cm³/mol. The number of ether oxygens (including phenoxy) is 1. The molecule has 2 N–H and O–H groups in total. The summed E-state index contributed by atoms with van der Waals surface area (Å²) in [7, 11) is 1.66. The van der Waals surface area contributed by atoms with Gasteiger partial charge in [0.05, 0.1) is 12.5 Å². The second kappa shape index (κ2) is 5.83. The fourth-order valence-corrected chi connectivity index (χ4v) is 2.25. The van der Waals surface area contributed by atoms with Gasteiger partial charge in [-0.3, -0.25) is 4.79 Å². The molecule has 110 valence electrons. The normalized spacial score (nSPS) is 15.0. The summed E-state index contributed by atoms with van der Waals surface area (Å²) >= 11 is 0. The van der Waals surface area contributed by atoms with Crippen LogP contribution >= 0.6 is 0 Å². The number of hydrogen-bond acceptors (Lipinski definition) is 3. The van der Waals surface area contributed by atoms with Crippen molar-refractivity contribution in [2.24, 2.45) is 11.1 Å². The summed E-state index contributed by atoms with van der Waals surface area (Å²) < 4.78 is 5.38. The Bertz CT molecular complexity index is 481. The number of methoxy groups -OCH3 is 1. The van der Waals surface area contributed by atoms with Crippen molar-refractivity contribution in [1.29, 1.82) is 0 Å². The molecule has 2 rings (SSSR count). The minimum absolute atomic E-state index is 0.133. The summed E-state index contributed by atoms with van der Waals surface area (Å²) in [6, 6.07) is 8.21. The smallest absolute Gasteiger partial charge is 0.230 e. The molecule has 0 aromatic heterocycles. The first kappa shape index (κ1) is 14.9. The third kappa shape index (κ3) is 3.12. The van der Waals surface area contributed by atoms with E-state index in [0.29, 0.717) is 19.1 Å². The average Bonchev–Trinajstić information content (AvgIpc) is 3.29. The van der Waals surface area contributed by atoms with Crippen molar-refractivity contribution >= 4 is 5.91 Å². The molecule has 0 atom stereocenters. The molecule has 4 nitrogen and oxygen atoms in total. The van der Waals surface area contributed by atoms with Crippen molar-refractivity contribution in [3.05, 3.63) is 29.8 Å². The number of rotatable bonds is 6. The molecule has 1 amide bonds. The molecule has 0 saturated heterocycles. The van der Waals surface area contributed by atoms with Gasteiger partial charge in [0.15, 0.2) is 0 Å². The zero-order valence-corrected chi connectivity index (χ0v) is 12.6. The molecule has 0 unspecified atom stereocenters. The van der Waals surface area contributed by atoms with Crippen molar-refractivity contribution in [3.8, 4) is 5.75 Å². The number of benzene rings is 1. The van der Waals surface area contributed by atoms with E-state index in [4.69, 9.17) is 10.5 Å². The molecular formula is C16H24N2O2. The maximum atomic E-state index is 12.7. The van der Waals surface area contributed by atoms with Gasteiger partial charge in [0.2, 0.25) is 5.91 Å². The van der Waals surface area contributed by atoms with Gasteiger partial charge in [-0.15, -0.1) is 0 Å². The monoisotopic (exact) mass is 276 g/mol. The van der Waals surface area contributed by atoms with Crippen molar-refractivity contribution in [1.82, 2.24) is 4.90 Å². The van der Waals surface area contributed by atoms with E-state index in [1.807, 2.05) is 43.0 Å². The van der Waals surface area contributed by atoms with Crippen LogP contribution < -0.4 is 10.5 Å². The first-order valence-electron chi connectivity index (χ1n) is 7.12. The van der Waals surface area contributed by atoms with Crippen LogP contribution in [0.15, 0.2) is 24.3 Å². The molecule has 1 aliphatic carbocycles. The summed E-state index contributed by atoms with van der Waals surface area (Å²) in [5, 5.41) is 0. The van der Waals surface area contributed by atoms with E-state index in [1.165, 1.54) is 0 Å². The van der Waals surface area contributed by atoms with Crippen LogP contribution in [0.1, 0.15) is 32.3 Å².